The molecule has 3 rings (SSSR count). The fraction of sp³-hybridized carbons (Fsp3) is 0.0909. The fourth-order valence-corrected chi connectivity index (χ4v) is 2.46. The van der Waals surface area contributed by atoms with E-state index in [1.807, 2.05) is 67.6 Å². The summed E-state index contributed by atoms with van der Waals surface area (Å²) in [5, 5.41) is 2.13. The number of hydrogen-bond acceptors (Lipinski definition) is 3. The van der Waals surface area contributed by atoms with Gasteiger partial charge in [-0.05, 0) is 41.5 Å². The van der Waals surface area contributed by atoms with Gasteiger partial charge in [0.05, 0.1) is 0 Å². The summed E-state index contributed by atoms with van der Waals surface area (Å²) in [7, 11) is 0. The Morgan fingerprint density at radius 3 is 2.44 bits per heavy atom. The first-order valence-electron chi connectivity index (χ1n) is 8.55. The molecule has 0 aliphatic heterocycles. The minimum atomic E-state index is -0.444. The topological polar surface area (TPSA) is 67.4 Å². The second kappa shape index (κ2) is 8.67. The molecule has 0 fully saturated rings. The number of carbonyl (C=O) groups excluding carboxylic acids is 2. The van der Waals surface area contributed by atoms with Crippen LogP contribution in [-0.2, 0) is 9.59 Å². The molecule has 5 nitrogen and oxygen atoms in total. The zero-order valence-electron chi connectivity index (χ0n) is 14.9. The number of aryl methyl sites for hydroxylation is 1. The van der Waals surface area contributed by atoms with E-state index in [4.69, 9.17) is 4.74 Å². The van der Waals surface area contributed by atoms with Gasteiger partial charge in [-0.1, -0.05) is 60.2 Å². The number of ether oxygens (including phenoxy) is 1. The molecular weight excluding hydrogens is 340 g/mol. The largest absolute Gasteiger partial charge is 0.484 e. The van der Waals surface area contributed by atoms with Crippen molar-refractivity contribution in [1.29, 1.82) is 0 Å². The standard InChI is InChI=1S/C22H20N2O3/c1-16-6-8-17(9-7-16)10-13-21(25)23-24-22(26)15-27-20-12-11-18-4-2-3-5-19(18)14-20/h2-14H,15H2,1H3,(H,23,25)(H,24,26)/b13-10+. The van der Waals surface area contributed by atoms with E-state index < -0.39 is 11.8 Å². The number of hydrazine groups is 1. The minimum Gasteiger partial charge on any atom is -0.484 e. The number of nitrogens with one attached hydrogen (secondary N) is 2. The average Bonchev–Trinajstić information content (AvgIpc) is 2.70. The summed E-state index contributed by atoms with van der Waals surface area (Å²) in [4.78, 5) is 23.6. The first-order chi connectivity index (χ1) is 13.1. The van der Waals surface area contributed by atoms with Crippen LogP contribution >= 0.6 is 0 Å². The summed E-state index contributed by atoms with van der Waals surface area (Å²) in [6.45, 7) is 1.80. The number of benzene rings is 3. The molecule has 3 aromatic carbocycles. The molecule has 2 N–H and O–H groups in total. The van der Waals surface area contributed by atoms with Crippen molar-refractivity contribution >= 4 is 28.7 Å². The first-order valence-corrected chi connectivity index (χ1v) is 8.55. The van der Waals surface area contributed by atoms with Gasteiger partial charge in [0, 0.05) is 6.08 Å². The van der Waals surface area contributed by atoms with Crippen molar-refractivity contribution in [2.75, 3.05) is 6.61 Å². The maximum Gasteiger partial charge on any atom is 0.276 e. The molecule has 0 saturated carbocycles. The van der Waals surface area contributed by atoms with Crippen molar-refractivity contribution < 1.29 is 14.3 Å². The van der Waals surface area contributed by atoms with Crippen LogP contribution in [0.25, 0.3) is 16.8 Å². The Hall–Kier alpha value is -3.60. The predicted octanol–water partition coefficient (Wildman–Crippen LogP) is 3.39. The molecule has 136 valence electrons. The van der Waals surface area contributed by atoms with Crippen LogP contribution in [0.2, 0.25) is 0 Å². The van der Waals surface area contributed by atoms with Gasteiger partial charge in [-0.25, -0.2) is 0 Å². The Balaban J connectivity index is 1.44. The Bertz CT molecular complexity index is 978. The van der Waals surface area contributed by atoms with Crippen LogP contribution in [0.4, 0.5) is 0 Å². The van der Waals surface area contributed by atoms with Crippen LogP contribution in [0.15, 0.2) is 72.8 Å². The van der Waals surface area contributed by atoms with Gasteiger partial charge in [0.2, 0.25) is 0 Å². The summed E-state index contributed by atoms with van der Waals surface area (Å²) in [6, 6.07) is 21.2. The van der Waals surface area contributed by atoms with Crippen molar-refractivity contribution in [3.63, 3.8) is 0 Å². The second-order valence-electron chi connectivity index (χ2n) is 6.08. The van der Waals surface area contributed by atoms with E-state index >= 15 is 0 Å². The Kier molecular flexibility index (Phi) is 5.84. The Labute approximate surface area is 157 Å². The lowest BCUT2D eigenvalue weighted by Crippen LogP contribution is -2.43. The third kappa shape index (κ3) is 5.44. The predicted molar refractivity (Wildman–Crippen MR) is 106 cm³/mol. The fourth-order valence-electron chi connectivity index (χ4n) is 2.46. The van der Waals surface area contributed by atoms with Crippen LogP contribution in [0.1, 0.15) is 11.1 Å². The SMILES string of the molecule is Cc1ccc(/C=C/C(=O)NNC(=O)COc2ccc3ccccc3c2)cc1. The molecule has 0 aliphatic rings. The van der Waals surface area contributed by atoms with Crippen LogP contribution in [-0.4, -0.2) is 18.4 Å². The highest BCUT2D eigenvalue weighted by Crippen LogP contribution is 2.20. The molecule has 0 unspecified atom stereocenters. The third-order valence-electron chi connectivity index (χ3n) is 3.92. The van der Waals surface area contributed by atoms with Gasteiger partial charge >= 0.3 is 0 Å². The van der Waals surface area contributed by atoms with Crippen LogP contribution in [0.3, 0.4) is 0 Å². The van der Waals surface area contributed by atoms with Gasteiger partial charge in [-0.2, -0.15) is 0 Å². The Morgan fingerprint density at radius 2 is 1.67 bits per heavy atom. The minimum absolute atomic E-state index is 0.194. The van der Waals surface area contributed by atoms with Crippen LogP contribution < -0.4 is 15.6 Å². The third-order valence-corrected chi connectivity index (χ3v) is 3.92. The lowest BCUT2D eigenvalue weighted by atomic mass is 10.1. The number of fused-ring (bicyclic) bond motifs is 1. The smallest absolute Gasteiger partial charge is 0.276 e. The lowest BCUT2D eigenvalue weighted by Gasteiger charge is -2.08. The van der Waals surface area contributed by atoms with Crippen molar-refractivity contribution in [1.82, 2.24) is 10.9 Å². The van der Waals surface area contributed by atoms with Crippen molar-refractivity contribution in [3.05, 3.63) is 83.9 Å². The molecule has 0 bridgehead atoms. The van der Waals surface area contributed by atoms with Gasteiger partial charge < -0.3 is 4.74 Å². The van der Waals surface area contributed by atoms with Gasteiger partial charge in [0.15, 0.2) is 6.61 Å². The molecule has 27 heavy (non-hydrogen) atoms. The molecule has 0 saturated heterocycles. The highest BCUT2D eigenvalue weighted by molar-refractivity contribution is 5.93. The molecule has 2 amide bonds. The zero-order valence-corrected chi connectivity index (χ0v) is 14.9. The van der Waals surface area contributed by atoms with E-state index in [-0.39, 0.29) is 6.61 Å². The summed E-state index contributed by atoms with van der Waals surface area (Å²) >= 11 is 0. The summed E-state index contributed by atoms with van der Waals surface area (Å²) < 4.78 is 5.47. The maximum absolute atomic E-state index is 11.8. The highest BCUT2D eigenvalue weighted by atomic mass is 16.5. The van der Waals surface area contributed by atoms with Crippen LogP contribution in [0.5, 0.6) is 5.75 Å². The molecule has 3 aromatic rings. The average molecular weight is 360 g/mol. The summed E-state index contributed by atoms with van der Waals surface area (Å²) in [5.41, 5.74) is 6.70. The van der Waals surface area contributed by atoms with Crippen molar-refractivity contribution in [2.24, 2.45) is 0 Å². The van der Waals surface area contributed by atoms with E-state index in [0.717, 1.165) is 21.9 Å². The molecule has 0 aliphatic carbocycles. The summed E-state index contributed by atoms with van der Waals surface area (Å²) in [5.74, 6) is -0.274. The van der Waals surface area contributed by atoms with E-state index in [1.54, 1.807) is 12.1 Å². The number of carbonyl (C=O) groups is 2. The monoisotopic (exact) mass is 360 g/mol. The van der Waals surface area contributed by atoms with E-state index in [9.17, 15) is 9.59 Å². The molecule has 0 aromatic heterocycles. The van der Waals surface area contributed by atoms with Gasteiger partial charge in [0.25, 0.3) is 11.8 Å². The van der Waals surface area contributed by atoms with Gasteiger partial charge in [-0.15, -0.1) is 0 Å². The molecule has 0 spiro atoms. The molecule has 0 heterocycles. The Morgan fingerprint density at radius 1 is 0.926 bits per heavy atom. The number of hydrogen-bond donors (Lipinski definition) is 2. The van der Waals surface area contributed by atoms with E-state index in [2.05, 4.69) is 10.9 Å². The summed E-state index contributed by atoms with van der Waals surface area (Å²) in [6.07, 6.45) is 3.03. The normalized spacial score (nSPS) is 10.7. The maximum atomic E-state index is 11.8. The number of amides is 2. The number of rotatable bonds is 5. The molecule has 0 radical (unpaired) electrons. The van der Waals surface area contributed by atoms with Gasteiger partial charge in [0.1, 0.15) is 5.75 Å². The van der Waals surface area contributed by atoms with Crippen molar-refractivity contribution in [3.8, 4) is 5.75 Å². The van der Waals surface area contributed by atoms with E-state index in [0.29, 0.717) is 5.75 Å². The lowest BCUT2D eigenvalue weighted by molar-refractivity contribution is -0.128. The second-order valence-corrected chi connectivity index (χ2v) is 6.08. The zero-order chi connectivity index (χ0) is 19.1. The molecule has 0 atom stereocenters. The highest BCUT2D eigenvalue weighted by Gasteiger charge is 2.04. The first kappa shape index (κ1) is 18.2. The van der Waals surface area contributed by atoms with Gasteiger partial charge in [-0.3, -0.25) is 20.4 Å². The molecule has 5 heteroatoms. The van der Waals surface area contributed by atoms with Crippen molar-refractivity contribution in [2.45, 2.75) is 6.92 Å². The molecular formula is C22H20N2O3. The van der Waals surface area contributed by atoms with Crippen LogP contribution in [0, 0.1) is 6.92 Å². The quantitative estimate of drug-likeness (QED) is 0.541. The van der Waals surface area contributed by atoms with E-state index in [1.165, 1.54) is 6.08 Å².